The highest BCUT2D eigenvalue weighted by atomic mass is 31.2. The van der Waals surface area contributed by atoms with Crippen molar-refractivity contribution in [1.82, 2.24) is 0 Å². The van der Waals surface area contributed by atoms with Crippen LogP contribution < -0.4 is 0 Å². The Morgan fingerprint density at radius 3 is 1.68 bits per heavy atom. The summed E-state index contributed by atoms with van der Waals surface area (Å²) in [6.07, 6.45) is -7.44. The normalized spacial score (nSPS) is 18.5. The molecule has 0 aromatic carbocycles. The SMILES string of the molecule is O=C(C1CCCCC1)P(=O)(OCC(F)(F)F)OCC(F)(F)F. The molecule has 0 aromatic heterocycles. The summed E-state index contributed by atoms with van der Waals surface area (Å²) in [5, 5.41) is 0. The summed E-state index contributed by atoms with van der Waals surface area (Å²) in [4.78, 5) is 12.0. The van der Waals surface area contributed by atoms with Crippen LogP contribution in [0.1, 0.15) is 32.1 Å². The molecular weight excluding hydrogens is 341 g/mol. The first-order valence-corrected chi connectivity index (χ1v) is 8.04. The summed E-state index contributed by atoms with van der Waals surface area (Å²) in [7, 11) is -5.15. The molecule has 0 radical (unpaired) electrons. The molecular formula is C11H15F6O4P. The molecule has 1 saturated carbocycles. The molecule has 4 nitrogen and oxygen atoms in total. The molecule has 11 heteroatoms. The molecule has 0 unspecified atom stereocenters. The maximum absolute atomic E-state index is 12.1. The van der Waals surface area contributed by atoms with E-state index in [1.54, 1.807) is 0 Å². The molecule has 0 amide bonds. The molecule has 0 spiro atoms. The average molecular weight is 356 g/mol. The summed E-state index contributed by atoms with van der Waals surface area (Å²) in [5.74, 6) is -0.902. The van der Waals surface area contributed by atoms with Gasteiger partial charge in [0, 0.05) is 5.92 Å². The van der Waals surface area contributed by atoms with E-state index in [9.17, 15) is 35.7 Å². The molecule has 22 heavy (non-hydrogen) atoms. The van der Waals surface area contributed by atoms with Gasteiger partial charge in [-0.25, -0.2) is 0 Å². The predicted octanol–water partition coefficient (Wildman–Crippen LogP) is 4.44. The van der Waals surface area contributed by atoms with Gasteiger partial charge in [-0.05, 0) is 12.8 Å². The van der Waals surface area contributed by atoms with Crippen LogP contribution in [0.2, 0.25) is 0 Å². The fourth-order valence-corrected chi connectivity index (χ4v) is 3.72. The van der Waals surface area contributed by atoms with E-state index in [0.29, 0.717) is 12.8 Å². The largest absolute Gasteiger partial charge is 0.412 e. The highest BCUT2D eigenvalue weighted by Crippen LogP contribution is 2.54. The Hall–Kier alpha value is -0.600. The molecule has 0 atom stereocenters. The number of alkyl halides is 6. The van der Waals surface area contributed by atoms with Crippen LogP contribution in [0.5, 0.6) is 0 Å². The Labute approximate surface area is 122 Å². The van der Waals surface area contributed by atoms with Gasteiger partial charge in [-0.15, -0.1) is 0 Å². The first-order valence-electron chi connectivity index (χ1n) is 6.50. The molecule has 0 saturated heterocycles. The summed E-state index contributed by atoms with van der Waals surface area (Å²) in [5.41, 5.74) is -1.30. The summed E-state index contributed by atoms with van der Waals surface area (Å²) in [6.45, 7) is -4.22. The van der Waals surface area contributed by atoms with Crippen molar-refractivity contribution < 1.29 is 44.7 Å². The molecule has 1 fully saturated rings. The number of rotatable bonds is 6. The van der Waals surface area contributed by atoms with Crippen molar-refractivity contribution in [3.63, 3.8) is 0 Å². The number of carbonyl (C=O) groups excluding carboxylic acids is 1. The van der Waals surface area contributed by atoms with E-state index in [1.165, 1.54) is 0 Å². The van der Waals surface area contributed by atoms with E-state index in [2.05, 4.69) is 9.05 Å². The van der Waals surface area contributed by atoms with E-state index in [4.69, 9.17) is 0 Å². The second-order valence-corrected chi connectivity index (χ2v) is 6.90. The van der Waals surface area contributed by atoms with Crippen molar-refractivity contribution in [2.75, 3.05) is 13.2 Å². The van der Waals surface area contributed by atoms with Crippen LogP contribution in [0.3, 0.4) is 0 Å². The fraction of sp³-hybridized carbons (Fsp3) is 0.909. The van der Waals surface area contributed by atoms with E-state index < -0.39 is 44.6 Å². The van der Waals surface area contributed by atoms with E-state index in [-0.39, 0.29) is 12.8 Å². The van der Waals surface area contributed by atoms with Crippen LogP contribution in [-0.4, -0.2) is 31.1 Å². The highest BCUT2D eigenvalue weighted by molar-refractivity contribution is 7.71. The van der Waals surface area contributed by atoms with E-state index in [1.807, 2.05) is 0 Å². The quantitative estimate of drug-likeness (QED) is 0.521. The smallest absolute Gasteiger partial charge is 0.294 e. The Kier molecular flexibility index (Phi) is 6.46. The average Bonchev–Trinajstić information content (AvgIpc) is 2.42. The summed E-state index contributed by atoms with van der Waals surface area (Å²) < 4.78 is 92.8. The van der Waals surface area contributed by atoms with Gasteiger partial charge in [-0.2, -0.15) is 26.3 Å². The molecule has 1 aliphatic carbocycles. The molecule has 1 aliphatic rings. The Morgan fingerprint density at radius 1 is 0.909 bits per heavy atom. The lowest BCUT2D eigenvalue weighted by Gasteiger charge is -2.25. The van der Waals surface area contributed by atoms with Gasteiger partial charge in [0.25, 0.3) is 0 Å². The van der Waals surface area contributed by atoms with Gasteiger partial charge in [0.1, 0.15) is 0 Å². The maximum Gasteiger partial charge on any atom is 0.412 e. The van der Waals surface area contributed by atoms with Gasteiger partial charge >= 0.3 is 19.9 Å². The van der Waals surface area contributed by atoms with Crippen LogP contribution in [0, 0.1) is 5.92 Å². The second-order valence-electron chi connectivity index (χ2n) is 4.95. The lowest BCUT2D eigenvalue weighted by molar-refractivity contribution is -0.166. The van der Waals surface area contributed by atoms with Crippen molar-refractivity contribution in [3.05, 3.63) is 0 Å². The molecule has 130 valence electrons. The predicted molar refractivity (Wildman–Crippen MR) is 63.2 cm³/mol. The fourth-order valence-electron chi connectivity index (χ4n) is 2.05. The third-order valence-corrected chi connectivity index (χ3v) is 4.86. The Balaban J connectivity index is 2.83. The van der Waals surface area contributed by atoms with E-state index in [0.717, 1.165) is 6.42 Å². The Morgan fingerprint density at radius 2 is 1.32 bits per heavy atom. The van der Waals surface area contributed by atoms with Crippen LogP contribution in [0.15, 0.2) is 0 Å². The zero-order valence-electron chi connectivity index (χ0n) is 11.4. The van der Waals surface area contributed by atoms with Gasteiger partial charge < -0.3 is 0 Å². The Bertz CT molecular complexity index is 405. The number of hydrogen-bond acceptors (Lipinski definition) is 4. The standard InChI is InChI=1S/C11H15F6O4P/c12-10(13,14)6-20-22(19,21-7-11(15,16)17)9(18)8-4-2-1-3-5-8/h8H,1-7H2. The third-order valence-electron chi connectivity index (χ3n) is 3.02. The van der Waals surface area contributed by atoms with Crippen LogP contribution in [0.25, 0.3) is 0 Å². The van der Waals surface area contributed by atoms with Gasteiger partial charge in [0.15, 0.2) is 13.2 Å². The van der Waals surface area contributed by atoms with Crippen LogP contribution >= 0.6 is 7.60 Å². The molecule has 0 N–H and O–H groups in total. The molecule has 0 aliphatic heterocycles. The monoisotopic (exact) mass is 356 g/mol. The lowest BCUT2D eigenvalue weighted by atomic mass is 9.90. The minimum absolute atomic E-state index is 0.244. The minimum Gasteiger partial charge on any atom is -0.294 e. The van der Waals surface area contributed by atoms with Crippen molar-refractivity contribution in [1.29, 1.82) is 0 Å². The second kappa shape index (κ2) is 7.31. The zero-order valence-corrected chi connectivity index (χ0v) is 12.3. The highest BCUT2D eigenvalue weighted by Gasteiger charge is 2.45. The summed E-state index contributed by atoms with van der Waals surface area (Å²) in [6, 6.07) is 0. The van der Waals surface area contributed by atoms with Crippen molar-refractivity contribution in [2.24, 2.45) is 5.92 Å². The molecule has 0 heterocycles. The number of carbonyl (C=O) groups is 1. The number of hydrogen-bond donors (Lipinski definition) is 0. The third kappa shape index (κ3) is 6.66. The molecule has 1 rings (SSSR count). The molecule has 0 bridgehead atoms. The zero-order chi connectivity index (χ0) is 17.0. The lowest BCUT2D eigenvalue weighted by Crippen LogP contribution is -2.26. The van der Waals surface area contributed by atoms with Gasteiger partial charge in [0.05, 0.1) is 0 Å². The van der Waals surface area contributed by atoms with Crippen molar-refractivity contribution >= 4 is 13.1 Å². The van der Waals surface area contributed by atoms with Gasteiger partial charge in [-0.1, -0.05) is 19.3 Å². The van der Waals surface area contributed by atoms with Crippen molar-refractivity contribution in [2.45, 2.75) is 44.5 Å². The number of halogens is 6. The van der Waals surface area contributed by atoms with Crippen molar-refractivity contribution in [3.8, 4) is 0 Å². The van der Waals surface area contributed by atoms with Crippen LogP contribution in [-0.2, 0) is 18.4 Å². The van der Waals surface area contributed by atoms with Gasteiger partial charge in [0.2, 0.25) is 5.52 Å². The summed E-state index contributed by atoms with van der Waals surface area (Å²) >= 11 is 0. The van der Waals surface area contributed by atoms with E-state index >= 15 is 0 Å². The topological polar surface area (TPSA) is 52.6 Å². The van der Waals surface area contributed by atoms with Crippen LogP contribution in [0.4, 0.5) is 26.3 Å². The maximum atomic E-state index is 12.1. The van der Waals surface area contributed by atoms with Gasteiger partial charge in [-0.3, -0.25) is 18.4 Å². The first-order chi connectivity index (χ1) is 9.93. The first kappa shape index (κ1) is 19.4. The molecule has 0 aromatic rings. The minimum atomic E-state index is -5.15.